The van der Waals surface area contributed by atoms with Crippen molar-refractivity contribution in [1.82, 2.24) is 5.32 Å². The molecule has 0 saturated carbocycles. The number of hydrogen-bond donors (Lipinski definition) is 1. The first-order valence-corrected chi connectivity index (χ1v) is 5.04. The topological polar surface area (TPSA) is 73.6 Å². The monoisotopic (exact) mass is 222 g/mol. The standard InChI is InChI=1S/C10H10N2O4/c13-12(14)8-1-6(7-3-11-4-7)2-9-10(8)16-5-15-9/h1-2,7,11H,3-5H2. The van der Waals surface area contributed by atoms with Crippen molar-refractivity contribution in [3.05, 3.63) is 27.8 Å². The van der Waals surface area contributed by atoms with Gasteiger partial charge in [0.1, 0.15) is 0 Å². The van der Waals surface area contributed by atoms with E-state index in [-0.39, 0.29) is 18.2 Å². The molecular formula is C10H10N2O4. The molecule has 0 spiro atoms. The van der Waals surface area contributed by atoms with Crippen LogP contribution in [-0.2, 0) is 0 Å². The summed E-state index contributed by atoms with van der Waals surface area (Å²) >= 11 is 0. The molecule has 0 atom stereocenters. The maximum atomic E-state index is 10.9. The summed E-state index contributed by atoms with van der Waals surface area (Å²) in [6.45, 7) is 1.77. The Balaban J connectivity index is 2.08. The second-order valence-electron chi connectivity index (χ2n) is 3.89. The average Bonchev–Trinajstić information content (AvgIpc) is 2.61. The van der Waals surface area contributed by atoms with Gasteiger partial charge in [-0.15, -0.1) is 0 Å². The molecule has 0 aliphatic carbocycles. The molecule has 1 N–H and O–H groups in total. The van der Waals surface area contributed by atoms with Gasteiger partial charge in [0.25, 0.3) is 0 Å². The van der Waals surface area contributed by atoms with Crippen LogP contribution < -0.4 is 14.8 Å². The zero-order chi connectivity index (χ0) is 11.1. The van der Waals surface area contributed by atoms with Crippen molar-refractivity contribution < 1.29 is 14.4 Å². The third-order valence-electron chi connectivity index (χ3n) is 2.92. The number of nitro benzene ring substituents is 1. The molecule has 0 aromatic heterocycles. The van der Waals surface area contributed by atoms with Crippen molar-refractivity contribution in [1.29, 1.82) is 0 Å². The molecule has 1 saturated heterocycles. The number of nitro groups is 1. The molecular weight excluding hydrogens is 212 g/mol. The zero-order valence-electron chi connectivity index (χ0n) is 8.43. The number of ether oxygens (including phenoxy) is 2. The lowest BCUT2D eigenvalue weighted by Crippen LogP contribution is -2.39. The summed E-state index contributed by atoms with van der Waals surface area (Å²) in [4.78, 5) is 10.5. The minimum absolute atomic E-state index is 0.00287. The van der Waals surface area contributed by atoms with Crippen LogP contribution in [0.5, 0.6) is 11.5 Å². The van der Waals surface area contributed by atoms with E-state index >= 15 is 0 Å². The van der Waals surface area contributed by atoms with Crippen molar-refractivity contribution >= 4 is 5.69 Å². The molecule has 2 aliphatic heterocycles. The van der Waals surface area contributed by atoms with Gasteiger partial charge in [0.15, 0.2) is 5.75 Å². The third-order valence-corrected chi connectivity index (χ3v) is 2.92. The van der Waals surface area contributed by atoms with Crippen LogP contribution in [0.2, 0.25) is 0 Å². The van der Waals surface area contributed by atoms with Gasteiger partial charge in [0.2, 0.25) is 12.5 Å². The van der Waals surface area contributed by atoms with E-state index in [0.717, 1.165) is 18.7 Å². The van der Waals surface area contributed by atoms with Crippen LogP contribution in [0, 0.1) is 10.1 Å². The first-order valence-electron chi connectivity index (χ1n) is 5.04. The van der Waals surface area contributed by atoms with Crippen molar-refractivity contribution in [2.75, 3.05) is 19.9 Å². The summed E-state index contributed by atoms with van der Waals surface area (Å²) in [7, 11) is 0. The molecule has 2 aliphatic rings. The smallest absolute Gasteiger partial charge is 0.315 e. The number of fused-ring (bicyclic) bond motifs is 1. The fourth-order valence-corrected chi connectivity index (χ4v) is 1.91. The molecule has 1 aromatic rings. The maximum absolute atomic E-state index is 10.9. The first kappa shape index (κ1) is 9.41. The van der Waals surface area contributed by atoms with Gasteiger partial charge in [0.05, 0.1) is 4.92 Å². The largest absolute Gasteiger partial charge is 0.453 e. The van der Waals surface area contributed by atoms with Crippen molar-refractivity contribution in [3.63, 3.8) is 0 Å². The zero-order valence-corrected chi connectivity index (χ0v) is 8.43. The highest BCUT2D eigenvalue weighted by atomic mass is 16.7. The molecule has 3 rings (SSSR count). The van der Waals surface area contributed by atoms with Crippen molar-refractivity contribution in [3.8, 4) is 11.5 Å². The summed E-state index contributed by atoms with van der Waals surface area (Å²) in [5, 5.41) is 14.0. The molecule has 0 amide bonds. The normalized spacial score (nSPS) is 18.2. The second kappa shape index (κ2) is 3.34. The summed E-state index contributed by atoms with van der Waals surface area (Å²) in [5.41, 5.74) is 0.937. The number of nitrogens with one attached hydrogen (secondary N) is 1. The number of nitrogens with zero attached hydrogens (tertiary/aromatic N) is 1. The van der Waals surface area contributed by atoms with E-state index in [1.807, 2.05) is 6.07 Å². The Bertz CT molecular complexity index is 456. The highest BCUT2D eigenvalue weighted by Gasteiger charge is 2.30. The van der Waals surface area contributed by atoms with Crippen molar-refractivity contribution in [2.45, 2.75) is 5.92 Å². The van der Waals surface area contributed by atoms with Gasteiger partial charge in [-0.05, 0) is 11.6 Å². The lowest BCUT2D eigenvalue weighted by molar-refractivity contribution is -0.385. The molecule has 2 heterocycles. The molecule has 16 heavy (non-hydrogen) atoms. The van der Waals surface area contributed by atoms with Crippen LogP contribution in [0.15, 0.2) is 12.1 Å². The number of hydrogen-bond acceptors (Lipinski definition) is 5. The first-order chi connectivity index (χ1) is 7.75. The number of benzene rings is 1. The van der Waals surface area contributed by atoms with Gasteiger partial charge < -0.3 is 14.8 Å². The lowest BCUT2D eigenvalue weighted by atomic mass is 9.93. The van der Waals surface area contributed by atoms with Crippen LogP contribution >= 0.6 is 0 Å². The summed E-state index contributed by atoms with van der Waals surface area (Å²) < 4.78 is 10.3. The lowest BCUT2D eigenvalue weighted by Gasteiger charge is -2.27. The fourth-order valence-electron chi connectivity index (χ4n) is 1.91. The van der Waals surface area contributed by atoms with Crippen LogP contribution in [-0.4, -0.2) is 24.8 Å². The van der Waals surface area contributed by atoms with Gasteiger partial charge in [-0.1, -0.05) is 0 Å². The van der Waals surface area contributed by atoms with Gasteiger partial charge in [-0.3, -0.25) is 10.1 Å². The Morgan fingerprint density at radius 3 is 2.81 bits per heavy atom. The van der Waals surface area contributed by atoms with Crippen molar-refractivity contribution in [2.24, 2.45) is 0 Å². The van der Waals surface area contributed by atoms with Crippen LogP contribution in [0.25, 0.3) is 0 Å². The molecule has 6 nitrogen and oxygen atoms in total. The average molecular weight is 222 g/mol. The Hall–Kier alpha value is -1.82. The molecule has 84 valence electrons. The molecule has 0 radical (unpaired) electrons. The van der Waals surface area contributed by atoms with E-state index in [2.05, 4.69) is 5.32 Å². The predicted octanol–water partition coefficient (Wildman–Crippen LogP) is 1.01. The Kier molecular flexibility index (Phi) is 1.97. The van der Waals surface area contributed by atoms with E-state index in [1.165, 1.54) is 0 Å². The quantitative estimate of drug-likeness (QED) is 0.597. The van der Waals surface area contributed by atoms with E-state index < -0.39 is 4.92 Å². The molecule has 1 aromatic carbocycles. The van der Waals surface area contributed by atoms with Crippen LogP contribution in [0.3, 0.4) is 0 Å². The maximum Gasteiger partial charge on any atom is 0.315 e. The van der Waals surface area contributed by atoms with Gasteiger partial charge in [-0.2, -0.15) is 0 Å². The van der Waals surface area contributed by atoms with Gasteiger partial charge in [0, 0.05) is 25.1 Å². The minimum Gasteiger partial charge on any atom is -0.453 e. The summed E-state index contributed by atoms with van der Waals surface area (Å²) in [6, 6.07) is 3.42. The van der Waals surface area contributed by atoms with E-state index in [1.54, 1.807) is 6.07 Å². The predicted molar refractivity (Wildman–Crippen MR) is 54.8 cm³/mol. The minimum atomic E-state index is -0.427. The summed E-state index contributed by atoms with van der Waals surface area (Å²) in [5.74, 6) is 1.07. The molecule has 1 fully saturated rings. The molecule has 0 unspecified atom stereocenters. The van der Waals surface area contributed by atoms with Gasteiger partial charge in [-0.25, -0.2) is 0 Å². The van der Waals surface area contributed by atoms with E-state index in [0.29, 0.717) is 11.7 Å². The van der Waals surface area contributed by atoms with E-state index in [9.17, 15) is 10.1 Å². The Morgan fingerprint density at radius 2 is 2.19 bits per heavy atom. The summed E-state index contributed by atoms with van der Waals surface area (Å²) in [6.07, 6.45) is 0. The third kappa shape index (κ3) is 1.30. The molecule has 6 heteroatoms. The fraction of sp³-hybridized carbons (Fsp3) is 0.400. The Morgan fingerprint density at radius 1 is 1.38 bits per heavy atom. The van der Waals surface area contributed by atoms with Crippen LogP contribution in [0.1, 0.15) is 11.5 Å². The molecule has 0 bridgehead atoms. The highest BCUT2D eigenvalue weighted by molar-refractivity contribution is 5.60. The van der Waals surface area contributed by atoms with E-state index in [4.69, 9.17) is 9.47 Å². The Labute approximate surface area is 91.3 Å². The second-order valence-corrected chi connectivity index (χ2v) is 3.89. The highest BCUT2D eigenvalue weighted by Crippen LogP contribution is 2.43. The SMILES string of the molecule is O=[N+]([O-])c1cc(C2CNC2)cc2c1OCO2. The number of rotatable bonds is 2. The van der Waals surface area contributed by atoms with Gasteiger partial charge >= 0.3 is 5.69 Å². The van der Waals surface area contributed by atoms with Crippen LogP contribution in [0.4, 0.5) is 5.69 Å².